The van der Waals surface area contributed by atoms with Crippen LogP contribution in [0, 0.1) is 0 Å². The van der Waals surface area contributed by atoms with E-state index in [1.807, 2.05) is 43.3 Å². The van der Waals surface area contributed by atoms with Crippen LogP contribution in [0.1, 0.15) is 12.5 Å². The number of hydrogen-bond donors (Lipinski definition) is 2. The summed E-state index contributed by atoms with van der Waals surface area (Å²) >= 11 is 0. The van der Waals surface area contributed by atoms with Gasteiger partial charge in [0, 0.05) is 12.6 Å². The van der Waals surface area contributed by atoms with Gasteiger partial charge in [0.2, 0.25) is 11.8 Å². The van der Waals surface area contributed by atoms with E-state index < -0.39 is 0 Å². The monoisotopic (exact) mass is 285 g/mol. The van der Waals surface area contributed by atoms with Gasteiger partial charge in [0.1, 0.15) is 5.82 Å². The van der Waals surface area contributed by atoms with Crippen molar-refractivity contribution in [3.8, 4) is 5.88 Å². The molecule has 0 bridgehead atoms. The number of hydrogen-bond acceptors (Lipinski definition) is 4. The lowest BCUT2D eigenvalue weighted by atomic mass is 10.2. The molecule has 0 radical (unpaired) electrons. The van der Waals surface area contributed by atoms with Crippen molar-refractivity contribution < 1.29 is 9.53 Å². The summed E-state index contributed by atoms with van der Waals surface area (Å²) in [6.45, 7) is 3.16. The number of carbonyl (C=O) groups is 1. The highest BCUT2D eigenvalue weighted by atomic mass is 16.5. The van der Waals surface area contributed by atoms with Crippen LogP contribution >= 0.6 is 0 Å². The minimum atomic E-state index is -0.0810. The molecular weight excluding hydrogens is 266 g/mol. The van der Waals surface area contributed by atoms with E-state index >= 15 is 0 Å². The SMILES string of the molecule is CCOc1cccc(NCC(=O)NCc2ccccc2)n1. The maximum absolute atomic E-state index is 11.8. The van der Waals surface area contributed by atoms with Crippen molar-refractivity contribution in [3.63, 3.8) is 0 Å². The molecular formula is C16H19N3O2. The lowest BCUT2D eigenvalue weighted by Gasteiger charge is -2.08. The molecule has 0 saturated carbocycles. The Bertz CT molecular complexity index is 573. The van der Waals surface area contributed by atoms with Gasteiger partial charge in [0.25, 0.3) is 0 Å². The number of ether oxygens (including phenoxy) is 1. The predicted molar refractivity (Wildman–Crippen MR) is 82.2 cm³/mol. The van der Waals surface area contributed by atoms with Crippen LogP contribution in [0.15, 0.2) is 48.5 Å². The number of carbonyl (C=O) groups excluding carboxylic acids is 1. The minimum absolute atomic E-state index is 0.0810. The fourth-order valence-corrected chi connectivity index (χ4v) is 1.77. The van der Waals surface area contributed by atoms with E-state index in [4.69, 9.17) is 4.74 Å². The zero-order valence-corrected chi connectivity index (χ0v) is 12.0. The van der Waals surface area contributed by atoms with Crippen molar-refractivity contribution in [2.75, 3.05) is 18.5 Å². The minimum Gasteiger partial charge on any atom is -0.478 e. The molecule has 0 aliphatic heterocycles. The van der Waals surface area contributed by atoms with Crippen molar-refractivity contribution >= 4 is 11.7 Å². The molecule has 1 aromatic heterocycles. The second-order valence-corrected chi connectivity index (χ2v) is 4.41. The van der Waals surface area contributed by atoms with E-state index in [0.29, 0.717) is 24.8 Å². The summed E-state index contributed by atoms with van der Waals surface area (Å²) in [5.74, 6) is 1.09. The van der Waals surface area contributed by atoms with Gasteiger partial charge in [-0.05, 0) is 18.6 Å². The third kappa shape index (κ3) is 5.14. The third-order valence-corrected chi connectivity index (χ3v) is 2.78. The lowest BCUT2D eigenvalue weighted by molar-refractivity contribution is -0.119. The Balaban J connectivity index is 1.77. The maximum Gasteiger partial charge on any atom is 0.239 e. The number of nitrogens with one attached hydrogen (secondary N) is 2. The average Bonchev–Trinajstić information content (AvgIpc) is 2.53. The van der Waals surface area contributed by atoms with Gasteiger partial charge in [-0.15, -0.1) is 0 Å². The first-order chi connectivity index (χ1) is 10.3. The second kappa shape index (κ2) is 7.89. The van der Waals surface area contributed by atoms with E-state index in [9.17, 15) is 4.79 Å². The largest absolute Gasteiger partial charge is 0.478 e. The fourth-order valence-electron chi connectivity index (χ4n) is 1.77. The van der Waals surface area contributed by atoms with E-state index in [0.717, 1.165) is 5.56 Å². The Kier molecular flexibility index (Phi) is 5.58. The molecule has 2 rings (SSSR count). The molecule has 21 heavy (non-hydrogen) atoms. The number of rotatable bonds is 7. The molecule has 1 amide bonds. The Morgan fingerprint density at radius 2 is 1.95 bits per heavy atom. The van der Waals surface area contributed by atoms with Crippen LogP contribution in [0.4, 0.5) is 5.82 Å². The van der Waals surface area contributed by atoms with Crippen molar-refractivity contribution in [2.45, 2.75) is 13.5 Å². The first-order valence-electron chi connectivity index (χ1n) is 6.92. The topological polar surface area (TPSA) is 63.2 Å². The third-order valence-electron chi connectivity index (χ3n) is 2.78. The van der Waals surface area contributed by atoms with Gasteiger partial charge < -0.3 is 15.4 Å². The maximum atomic E-state index is 11.8. The van der Waals surface area contributed by atoms with Gasteiger partial charge in [-0.3, -0.25) is 4.79 Å². The summed E-state index contributed by atoms with van der Waals surface area (Å²) in [5.41, 5.74) is 1.07. The van der Waals surface area contributed by atoms with Crippen LogP contribution in [0.3, 0.4) is 0 Å². The molecule has 1 heterocycles. The Labute approximate surface area is 124 Å². The molecule has 0 spiro atoms. The second-order valence-electron chi connectivity index (χ2n) is 4.41. The number of benzene rings is 1. The van der Waals surface area contributed by atoms with E-state index in [-0.39, 0.29) is 12.5 Å². The molecule has 5 nitrogen and oxygen atoms in total. The first-order valence-corrected chi connectivity index (χ1v) is 6.92. The molecule has 0 aliphatic carbocycles. The number of nitrogens with zero attached hydrogens (tertiary/aromatic N) is 1. The van der Waals surface area contributed by atoms with Crippen molar-refractivity contribution in [1.82, 2.24) is 10.3 Å². The van der Waals surface area contributed by atoms with Crippen molar-refractivity contribution in [2.24, 2.45) is 0 Å². The molecule has 2 aromatic rings. The highest BCUT2D eigenvalue weighted by molar-refractivity contribution is 5.80. The molecule has 0 atom stereocenters. The Morgan fingerprint density at radius 3 is 2.71 bits per heavy atom. The van der Waals surface area contributed by atoms with Crippen LogP contribution in [0.25, 0.3) is 0 Å². The summed E-state index contributed by atoms with van der Waals surface area (Å²) in [5, 5.41) is 5.82. The summed E-state index contributed by atoms with van der Waals surface area (Å²) < 4.78 is 5.31. The fraction of sp³-hybridized carbons (Fsp3) is 0.250. The quantitative estimate of drug-likeness (QED) is 0.818. The van der Waals surface area contributed by atoms with Crippen LogP contribution in [0.5, 0.6) is 5.88 Å². The van der Waals surface area contributed by atoms with Crippen LogP contribution < -0.4 is 15.4 Å². The smallest absolute Gasteiger partial charge is 0.239 e. The van der Waals surface area contributed by atoms with Crippen LogP contribution in [-0.4, -0.2) is 24.0 Å². The number of anilines is 1. The van der Waals surface area contributed by atoms with Gasteiger partial charge in [-0.1, -0.05) is 36.4 Å². The van der Waals surface area contributed by atoms with E-state index in [2.05, 4.69) is 15.6 Å². The molecule has 0 fully saturated rings. The standard InChI is InChI=1S/C16H19N3O2/c1-2-21-16-10-6-9-14(19-16)17-12-15(20)18-11-13-7-4-3-5-8-13/h3-10H,2,11-12H2,1H3,(H,17,19)(H,18,20). The normalized spacial score (nSPS) is 9.95. The van der Waals surface area contributed by atoms with Crippen LogP contribution in [-0.2, 0) is 11.3 Å². The molecule has 2 N–H and O–H groups in total. The van der Waals surface area contributed by atoms with Gasteiger partial charge in [-0.25, -0.2) is 0 Å². The van der Waals surface area contributed by atoms with E-state index in [1.54, 1.807) is 12.1 Å². The zero-order chi connectivity index (χ0) is 14.9. The first kappa shape index (κ1) is 14.8. The van der Waals surface area contributed by atoms with Crippen molar-refractivity contribution in [1.29, 1.82) is 0 Å². The Hall–Kier alpha value is -2.56. The molecule has 0 unspecified atom stereocenters. The number of aromatic nitrogens is 1. The Morgan fingerprint density at radius 1 is 1.14 bits per heavy atom. The van der Waals surface area contributed by atoms with Crippen molar-refractivity contribution in [3.05, 3.63) is 54.1 Å². The highest BCUT2D eigenvalue weighted by Crippen LogP contribution is 2.10. The van der Waals surface area contributed by atoms with Gasteiger partial charge in [-0.2, -0.15) is 4.98 Å². The zero-order valence-electron chi connectivity index (χ0n) is 12.0. The van der Waals surface area contributed by atoms with E-state index in [1.165, 1.54) is 0 Å². The predicted octanol–water partition coefficient (Wildman–Crippen LogP) is 2.21. The highest BCUT2D eigenvalue weighted by Gasteiger charge is 2.03. The summed E-state index contributed by atoms with van der Waals surface area (Å²) in [7, 11) is 0. The lowest BCUT2D eigenvalue weighted by Crippen LogP contribution is -2.29. The molecule has 1 aromatic carbocycles. The molecule has 0 aliphatic rings. The molecule has 5 heteroatoms. The molecule has 110 valence electrons. The van der Waals surface area contributed by atoms with Gasteiger partial charge in [0.15, 0.2) is 0 Å². The van der Waals surface area contributed by atoms with Gasteiger partial charge >= 0.3 is 0 Å². The summed E-state index contributed by atoms with van der Waals surface area (Å²) in [6.07, 6.45) is 0. The van der Waals surface area contributed by atoms with Gasteiger partial charge in [0.05, 0.1) is 13.2 Å². The summed E-state index contributed by atoms with van der Waals surface area (Å²) in [6, 6.07) is 15.2. The molecule has 0 saturated heterocycles. The van der Waals surface area contributed by atoms with Crippen LogP contribution in [0.2, 0.25) is 0 Å². The number of pyridine rings is 1. The average molecular weight is 285 g/mol. The summed E-state index contributed by atoms with van der Waals surface area (Å²) in [4.78, 5) is 16.0. The number of amides is 1.